The zero-order chi connectivity index (χ0) is 13.8. The van der Waals surface area contributed by atoms with Crippen LogP contribution in [0.3, 0.4) is 0 Å². The highest BCUT2D eigenvalue weighted by Crippen LogP contribution is 2.20. The summed E-state index contributed by atoms with van der Waals surface area (Å²) >= 11 is 0. The van der Waals surface area contributed by atoms with Gasteiger partial charge in [0, 0.05) is 17.1 Å². The minimum absolute atomic E-state index is 0.193. The summed E-state index contributed by atoms with van der Waals surface area (Å²) < 4.78 is 4.91. The molecule has 0 radical (unpaired) electrons. The van der Waals surface area contributed by atoms with Crippen molar-refractivity contribution >= 4 is 16.9 Å². The Kier molecular flexibility index (Phi) is 4.12. The van der Waals surface area contributed by atoms with Crippen molar-refractivity contribution < 1.29 is 9.53 Å². The van der Waals surface area contributed by atoms with Crippen molar-refractivity contribution in [2.24, 2.45) is 5.73 Å². The lowest BCUT2D eigenvalue weighted by Crippen LogP contribution is -2.17. The smallest absolute Gasteiger partial charge is 0.307 e. The molecule has 4 nitrogen and oxygen atoms in total. The number of nitrogens with two attached hydrogens (primary N) is 1. The Morgan fingerprint density at radius 2 is 2.16 bits per heavy atom. The molecule has 0 aliphatic rings. The van der Waals surface area contributed by atoms with E-state index in [-0.39, 0.29) is 18.4 Å². The molecule has 0 fully saturated rings. The van der Waals surface area contributed by atoms with E-state index in [2.05, 4.69) is 4.98 Å². The Balaban J connectivity index is 2.20. The van der Waals surface area contributed by atoms with Gasteiger partial charge in [-0.3, -0.25) is 9.78 Å². The van der Waals surface area contributed by atoms with E-state index in [0.717, 1.165) is 22.2 Å². The quantitative estimate of drug-likeness (QED) is 0.856. The summed E-state index contributed by atoms with van der Waals surface area (Å²) in [6.07, 6.45) is 0.193. The number of hydrogen-bond donors (Lipinski definition) is 1. The van der Waals surface area contributed by atoms with Crippen LogP contribution in [0.5, 0.6) is 0 Å². The Bertz CT molecular complexity index is 596. The standard InChI is InChI=1S/C15H18N2O2/c1-3-19-15(18)9-13(16)11-6-7-14-12(8-11)5-4-10(2)17-14/h4-8,13H,3,9,16H2,1-2H3/t13-/m0/s1. The van der Waals surface area contributed by atoms with Crippen molar-refractivity contribution in [3.8, 4) is 0 Å². The summed E-state index contributed by atoms with van der Waals surface area (Å²) in [5.41, 5.74) is 8.87. The van der Waals surface area contributed by atoms with Gasteiger partial charge in [0.2, 0.25) is 0 Å². The highest BCUT2D eigenvalue weighted by molar-refractivity contribution is 5.80. The number of fused-ring (bicyclic) bond motifs is 1. The molecule has 0 saturated heterocycles. The molecule has 1 aromatic heterocycles. The molecule has 2 aromatic rings. The number of carbonyl (C=O) groups is 1. The lowest BCUT2D eigenvalue weighted by molar-refractivity contribution is -0.143. The molecule has 1 heterocycles. The fraction of sp³-hybridized carbons (Fsp3) is 0.333. The molecule has 1 aromatic carbocycles. The number of benzene rings is 1. The van der Waals surface area contributed by atoms with Gasteiger partial charge < -0.3 is 10.5 Å². The average molecular weight is 258 g/mol. The first-order valence-corrected chi connectivity index (χ1v) is 6.38. The van der Waals surface area contributed by atoms with E-state index < -0.39 is 0 Å². The number of aromatic nitrogens is 1. The molecule has 0 aliphatic heterocycles. The maximum atomic E-state index is 11.4. The Morgan fingerprint density at radius 3 is 2.89 bits per heavy atom. The second kappa shape index (κ2) is 5.80. The highest BCUT2D eigenvalue weighted by Gasteiger charge is 2.13. The van der Waals surface area contributed by atoms with Gasteiger partial charge >= 0.3 is 5.97 Å². The third-order valence-corrected chi connectivity index (χ3v) is 2.97. The Morgan fingerprint density at radius 1 is 1.37 bits per heavy atom. The zero-order valence-corrected chi connectivity index (χ0v) is 11.2. The highest BCUT2D eigenvalue weighted by atomic mass is 16.5. The van der Waals surface area contributed by atoms with Gasteiger partial charge in [-0.25, -0.2) is 0 Å². The van der Waals surface area contributed by atoms with Crippen molar-refractivity contribution in [2.45, 2.75) is 26.3 Å². The number of esters is 1. The van der Waals surface area contributed by atoms with Crippen LogP contribution in [0.15, 0.2) is 30.3 Å². The molecule has 2 rings (SSSR count). The maximum absolute atomic E-state index is 11.4. The SMILES string of the molecule is CCOC(=O)C[C@H](N)c1ccc2nc(C)ccc2c1. The van der Waals surface area contributed by atoms with Gasteiger partial charge in [0.25, 0.3) is 0 Å². The number of pyridine rings is 1. The van der Waals surface area contributed by atoms with E-state index >= 15 is 0 Å². The maximum Gasteiger partial charge on any atom is 0.307 e. The van der Waals surface area contributed by atoms with Crippen LogP contribution in [0, 0.1) is 6.92 Å². The largest absolute Gasteiger partial charge is 0.466 e. The molecule has 19 heavy (non-hydrogen) atoms. The molecular formula is C15H18N2O2. The molecule has 100 valence electrons. The molecule has 2 N–H and O–H groups in total. The first kappa shape index (κ1) is 13.5. The number of nitrogens with zero attached hydrogens (tertiary/aromatic N) is 1. The van der Waals surface area contributed by atoms with Crippen LogP contribution in [0.1, 0.15) is 30.6 Å². The van der Waals surface area contributed by atoms with Gasteiger partial charge in [0.15, 0.2) is 0 Å². The van der Waals surface area contributed by atoms with Crippen molar-refractivity contribution in [2.75, 3.05) is 6.61 Å². The van der Waals surface area contributed by atoms with Gasteiger partial charge in [-0.05, 0) is 37.6 Å². The average Bonchev–Trinajstić information content (AvgIpc) is 2.38. The molecule has 4 heteroatoms. The molecule has 0 spiro atoms. The van der Waals surface area contributed by atoms with Crippen molar-refractivity contribution in [3.05, 3.63) is 41.6 Å². The lowest BCUT2D eigenvalue weighted by Gasteiger charge is -2.12. The van der Waals surface area contributed by atoms with E-state index in [1.807, 2.05) is 37.3 Å². The summed E-state index contributed by atoms with van der Waals surface area (Å²) in [6.45, 7) is 4.12. The fourth-order valence-electron chi connectivity index (χ4n) is 1.99. The minimum Gasteiger partial charge on any atom is -0.466 e. The summed E-state index contributed by atoms with van der Waals surface area (Å²) in [6, 6.07) is 9.46. The van der Waals surface area contributed by atoms with Gasteiger partial charge in [-0.2, -0.15) is 0 Å². The minimum atomic E-state index is -0.343. The first-order chi connectivity index (χ1) is 9.10. The summed E-state index contributed by atoms with van der Waals surface area (Å²) in [5.74, 6) is -0.267. The van der Waals surface area contributed by atoms with Crippen LogP contribution in [-0.2, 0) is 9.53 Å². The number of ether oxygens (including phenoxy) is 1. The lowest BCUT2D eigenvalue weighted by atomic mass is 10.0. The van der Waals surface area contributed by atoms with E-state index in [1.165, 1.54) is 0 Å². The van der Waals surface area contributed by atoms with Crippen LogP contribution < -0.4 is 5.73 Å². The Hall–Kier alpha value is -1.94. The predicted octanol–water partition coefficient (Wildman–Crippen LogP) is 2.50. The Labute approximate surface area is 112 Å². The van der Waals surface area contributed by atoms with E-state index in [9.17, 15) is 4.79 Å². The van der Waals surface area contributed by atoms with Crippen LogP contribution in [0.2, 0.25) is 0 Å². The molecule has 1 atom stereocenters. The fourth-order valence-corrected chi connectivity index (χ4v) is 1.99. The van der Waals surface area contributed by atoms with Crippen molar-refractivity contribution in [1.29, 1.82) is 0 Å². The molecule has 0 saturated carbocycles. The number of rotatable bonds is 4. The molecule has 0 aliphatic carbocycles. The topological polar surface area (TPSA) is 65.2 Å². The predicted molar refractivity (Wildman–Crippen MR) is 74.7 cm³/mol. The van der Waals surface area contributed by atoms with Gasteiger partial charge in [-0.1, -0.05) is 12.1 Å². The number of aryl methyl sites for hydroxylation is 1. The first-order valence-electron chi connectivity index (χ1n) is 6.38. The number of carbonyl (C=O) groups excluding carboxylic acids is 1. The van der Waals surface area contributed by atoms with Gasteiger partial charge in [0.05, 0.1) is 18.5 Å². The van der Waals surface area contributed by atoms with Crippen LogP contribution >= 0.6 is 0 Å². The van der Waals surface area contributed by atoms with E-state index in [4.69, 9.17) is 10.5 Å². The van der Waals surface area contributed by atoms with Crippen LogP contribution in [-0.4, -0.2) is 17.6 Å². The molecule has 0 unspecified atom stereocenters. The zero-order valence-electron chi connectivity index (χ0n) is 11.2. The van der Waals surface area contributed by atoms with Crippen LogP contribution in [0.4, 0.5) is 0 Å². The summed E-state index contributed by atoms with van der Waals surface area (Å²) in [4.78, 5) is 15.9. The van der Waals surface area contributed by atoms with Gasteiger partial charge in [0.1, 0.15) is 0 Å². The molecule has 0 amide bonds. The second-order valence-corrected chi connectivity index (χ2v) is 4.52. The summed E-state index contributed by atoms with van der Waals surface area (Å²) in [5, 5.41) is 1.03. The second-order valence-electron chi connectivity index (χ2n) is 4.52. The van der Waals surface area contributed by atoms with Crippen molar-refractivity contribution in [1.82, 2.24) is 4.98 Å². The third kappa shape index (κ3) is 3.29. The van der Waals surface area contributed by atoms with Crippen molar-refractivity contribution in [3.63, 3.8) is 0 Å². The van der Waals surface area contributed by atoms with E-state index in [1.54, 1.807) is 6.92 Å². The summed E-state index contributed by atoms with van der Waals surface area (Å²) in [7, 11) is 0. The number of hydrogen-bond acceptors (Lipinski definition) is 4. The third-order valence-electron chi connectivity index (χ3n) is 2.97. The van der Waals surface area contributed by atoms with Gasteiger partial charge in [-0.15, -0.1) is 0 Å². The monoisotopic (exact) mass is 258 g/mol. The molecular weight excluding hydrogens is 240 g/mol. The molecule has 0 bridgehead atoms. The van der Waals surface area contributed by atoms with E-state index in [0.29, 0.717) is 6.61 Å². The normalized spacial score (nSPS) is 12.4. The van der Waals surface area contributed by atoms with Crippen LogP contribution in [0.25, 0.3) is 10.9 Å².